The molecule has 0 radical (unpaired) electrons. The standard InChI is InChI=1S/C15H20N2O2/c18-10-6-2-5-9-13-14(17-11-16-13)15(19)12-7-3-1-4-8-12/h1,3-4,7-8,11,15,18-19H,2,5-6,9-10H2,(H,16,17). The third kappa shape index (κ3) is 3.66. The predicted molar refractivity (Wildman–Crippen MR) is 73.7 cm³/mol. The molecule has 102 valence electrons. The molecule has 1 aromatic heterocycles. The van der Waals surface area contributed by atoms with Gasteiger partial charge in [0.2, 0.25) is 0 Å². The first-order valence-electron chi connectivity index (χ1n) is 6.69. The molecular formula is C15H20N2O2. The molecule has 4 nitrogen and oxygen atoms in total. The van der Waals surface area contributed by atoms with Gasteiger partial charge in [0.15, 0.2) is 0 Å². The van der Waals surface area contributed by atoms with Gasteiger partial charge in [-0.2, -0.15) is 0 Å². The molecule has 4 heteroatoms. The van der Waals surface area contributed by atoms with E-state index in [1.54, 1.807) is 6.33 Å². The first-order valence-corrected chi connectivity index (χ1v) is 6.69. The maximum atomic E-state index is 10.4. The highest BCUT2D eigenvalue weighted by atomic mass is 16.3. The Hall–Kier alpha value is -1.65. The fourth-order valence-corrected chi connectivity index (χ4v) is 2.15. The number of nitrogens with zero attached hydrogens (tertiary/aromatic N) is 1. The minimum atomic E-state index is -0.656. The van der Waals surface area contributed by atoms with Gasteiger partial charge in [0.05, 0.1) is 17.7 Å². The van der Waals surface area contributed by atoms with Crippen molar-refractivity contribution in [2.45, 2.75) is 31.8 Å². The Morgan fingerprint density at radius 1 is 1.11 bits per heavy atom. The molecule has 0 spiro atoms. The lowest BCUT2D eigenvalue weighted by atomic mass is 10.0. The summed E-state index contributed by atoms with van der Waals surface area (Å²) >= 11 is 0. The molecule has 1 atom stereocenters. The monoisotopic (exact) mass is 260 g/mol. The first-order chi connectivity index (χ1) is 9.33. The maximum Gasteiger partial charge on any atom is 0.121 e. The Labute approximate surface area is 113 Å². The summed E-state index contributed by atoms with van der Waals surface area (Å²) in [4.78, 5) is 7.32. The van der Waals surface area contributed by atoms with Gasteiger partial charge in [-0.3, -0.25) is 0 Å². The number of imidazole rings is 1. The van der Waals surface area contributed by atoms with Gasteiger partial charge in [0.25, 0.3) is 0 Å². The molecule has 0 amide bonds. The van der Waals surface area contributed by atoms with Gasteiger partial charge in [-0.05, 0) is 24.8 Å². The number of aliphatic hydroxyl groups is 2. The molecule has 0 saturated heterocycles. The highest BCUT2D eigenvalue weighted by Gasteiger charge is 2.16. The van der Waals surface area contributed by atoms with Crippen LogP contribution in [-0.4, -0.2) is 26.8 Å². The van der Waals surface area contributed by atoms with Gasteiger partial charge in [-0.1, -0.05) is 36.8 Å². The van der Waals surface area contributed by atoms with Crippen LogP contribution >= 0.6 is 0 Å². The van der Waals surface area contributed by atoms with Crippen molar-refractivity contribution in [3.05, 3.63) is 53.6 Å². The third-order valence-corrected chi connectivity index (χ3v) is 3.21. The van der Waals surface area contributed by atoms with Crippen LogP contribution in [0.1, 0.15) is 42.3 Å². The summed E-state index contributed by atoms with van der Waals surface area (Å²) in [6.45, 7) is 0.236. The van der Waals surface area contributed by atoms with Crippen molar-refractivity contribution >= 4 is 0 Å². The summed E-state index contributed by atoms with van der Waals surface area (Å²) < 4.78 is 0. The number of aromatic amines is 1. The van der Waals surface area contributed by atoms with E-state index in [-0.39, 0.29) is 6.61 Å². The number of benzene rings is 1. The minimum absolute atomic E-state index is 0.236. The number of aryl methyl sites for hydroxylation is 1. The van der Waals surface area contributed by atoms with Crippen LogP contribution in [0, 0.1) is 0 Å². The largest absolute Gasteiger partial charge is 0.396 e. The minimum Gasteiger partial charge on any atom is -0.396 e. The average molecular weight is 260 g/mol. The Morgan fingerprint density at radius 2 is 1.89 bits per heavy atom. The van der Waals surface area contributed by atoms with Gasteiger partial charge >= 0.3 is 0 Å². The number of hydrogen-bond donors (Lipinski definition) is 3. The number of aromatic nitrogens is 2. The Kier molecular flexibility index (Phi) is 5.12. The van der Waals surface area contributed by atoms with Gasteiger partial charge in [-0.15, -0.1) is 0 Å². The summed E-state index contributed by atoms with van der Waals surface area (Å²) in [5.74, 6) is 0. The van der Waals surface area contributed by atoms with Gasteiger partial charge in [-0.25, -0.2) is 4.98 Å². The molecule has 2 rings (SSSR count). The molecular weight excluding hydrogens is 240 g/mol. The molecule has 0 saturated carbocycles. The van der Waals surface area contributed by atoms with Crippen molar-refractivity contribution in [1.29, 1.82) is 0 Å². The molecule has 0 aliphatic rings. The number of unbranched alkanes of at least 4 members (excludes halogenated alkanes) is 2. The summed E-state index contributed by atoms with van der Waals surface area (Å²) in [6.07, 6.45) is 4.56. The zero-order valence-corrected chi connectivity index (χ0v) is 10.9. The molecule has 1 unspecified atom stereocenters. The number of nitrogens with one attached hydrogen (secondary N) is 1. The number of rotatable bonds is 7. The zero-order valence-electron chi connectivity index (χ0n) is 10.9. The quantitative estimate of drug-likeness (QED) is 0.668. The fourth-order valence-electron chi connectivity index (χ4n) is 2.15. The van der Waals surface area contributed by atoms with Crippen molar-refractivity contribution in [3.8, 4) is 0 Å². The molecule has 1 heterocycles. The van der Waals surface area contributed by atoms with Crippen LogP contribution in [0.2, 0.25) is 0 Å². The molecule has 0 bridgehead atoms. The van der Waals surface area contributed by atoms with Crippen molar-refractivity contribution in [2.75, 3.05) is 6.61 Å². The van der Waals surface area contributed by atoms with E-state index < -0.39 is 6.10 Å². The van der Waals surface area contributed by atoms with E-state index in [2.05, 4.69) is 9.97 Å². The third-order valence-electron chi connectivity index (χ3n) is 3.21. The number of hydrogen-bond acceptors (Lipinski definition) is 3. The molecule has 2 aromatic rings. The summed E-state index contributed by atoms with van der Waals surface area (Å²) in [6, 6.07) is 9.56. The second-order valence-electron chi connectivity index (χ2n) is 4.61. The molecule has 19 heavy (non-hydrogen) atoms. The van der Waals surface area contributed by atoms with E-state index in [0.717, 1.165) is 42.6 Å². The lowest BCUT2D eigenvalue weighted by Crippen LogP contribution is -2.04. The lowest BCUT2D eigenvalue weighted by Gasteiger charge is -2.11. The van der Waals surface area contributed by atoms with Crippen LogP contribution in [0.15, 0.2) is 36.7 Å². The fraction of sp³-hybridized carbons (Fsp3) is 0.400. The van der Waals surface area contributed by atoms with Crippen molar-refractivity contribution in [2.24, 2.45) is 0 Å². The Morgan fingerprint density at radius 3 is 2.63 bits per heavy atom. The summed E-state index contributed by atoms with van der Waals surface area (Å²) in [5.41, 5.74) is 2.55. The second-order valence-corrected chi connectivity index (χ2v) is 4.61. The van der Waals surface area contributed by atoms with Crippen LogP contribution < -0.4 is 0 Å². The van der Waals surface area contributed by atoms with Crippen LogP contribution in [-0.2, 0) is 6.42 Å². The van der Waals surface area contributed by atoms with Crippen LogP contribution in [0.4, 0.5) is 0 Å². The maximum absolute atomic E-state index is 10.4. The Balaban J connectivity index is 2.02. The van der Waals surface area contributed by atoms with E-state index in [0.29, 0.717) is 0 Å². The van der Waals surface area contributed by atoms with Crippen LogP contribution in [0.3, 0.4) is 0 Å². The van der Waals surface area contributed by atoms with Crippen molar-refractivity contribution in [3.63, 3.8) is 0 Å². The van der Waals surface area contributed by atoms with E-state index in [9.17, 15) is 5.11 Å². The van der Waals surface area contributed by atoms with Gasteiger partial charge < -0.3 is 15.2 Å². The smallest absolute Gasteiger partial charge is 0.121 e. The molecule has 3 N–H and O–H groups in total. The van der Waals surface area contributed by atoms with Crippen molar-refractivity contribution in [1.82, 2.24) is 9.97 Å². The van der Waals surface area contributed by atoms with Crippen molar-refractivity contribution < 1.29 is 10.2 Å². The number of aliphatic hydroxyl groups excluding tert-OH is 2. The predicted octanol–water partition coefficient (Wildman–Crippen LogP) is 2.20. The van der Waals surface area contributed by atoms with E-state index in [1.165, 1.54) is 0 Å². The molecule has 1 aromatic carbocycles. The topological polar surface area (TPSA) is 69.1 Å². The molecule has 0 aliphatic heterocycles. The zero-order chi connectivity index (χ0) is 13.5. The normalized spacial score (nSPS) is 12.5. The van der Waals surface area contributed by atoms with Crippen LogP contribution in [0.25, 0.3) is 0 Å². The SMILES string of the molecule is OCCCCCc1nc[nH]c1C(O)c1ccccc1. The van der Waals surface area contributed by atoms with E-state index >= 15 is 0 Å². The first kappa shape index (κ1) is 13.8. The summed E-state index contributed by atoms with van der Waals surface area (Å²) in [7, 11) is 0. The number of H-pyrrole nitrogens is 1. The second kappa shape index (κ2) is 7.07. The molecule has 0 aliphatic carbocycles. The average Bonchev–Trinajstić information content (AvgIpc) is 2.92. The van der Waals surface area contributed by atoms with Gasteiger partial charge in [0.1, 0.15) is 6.10 Å². The van der Waals surface area contributed by atoms with E-state index in [1.807, 2.05) is 30.3 Å². The van der Waals surface area contributed by atoms with E-state index in [4.69, 9.17) is 5.11 Å². The molecule has 0 fully saturated rings. The van der Waals surface area contributed by atoms with Crippen LogP contribution in [0.5, 0.6) is 0 Å². The van der Waals surface area contributed by atoms with Gasteiger partial charge in [0, 0.05) is 6.61 Å². The highest BCUT2D eigenvalue weighted by Crippen LogP contribution is 2.23. The summed E-state index contributed by atoms with van der Waals surface area (Å²) in [5, 5.41) is 19.1. The lowest BCUT2D eigenvalue weighted by molar-refractivity contribution is 0.214. The highest BCUT2D eigenvalue weighted by molar-refractivity contribution is 5.28. The Bertz CT molecular complexity index is 482.